The molecule has 2 aromatic rings. The van der Waals surface area contributed by atoms with Crippen molar-refractivity contribution in [3.63, 3.8) is 0 Å². The van der Waals surface area contributed by atoms with Crippen LogP contribution in [0.3, 0.4) is 0 Å². The molecule has 0 radical (unpaired) electrons. The summed E-state index contributed by atoms with van der Waals surface area (Å²) >= 11 is 0. The molecule has 0 unspecified atom stereocenters. The molecule has 8 heteroatoms. The van der Waals surface area contributed by atoms with Crippen molar-refractivity contribution in [3.05, 3.63) is 65.2 Å². The third-order valence-electron chi connectivity index (χ3n) is 7.38. The zero-order chi connectivity index (χ0) is 24.8. The third-order valence-corrected chi connectivity index (χ3v) is 9.28. The minimum Gasteiger partial charge on any atom is -0.355 e. The Hall–Kier alpha value is -2.26. The number of nitrogens with one attached hydrogen (secondary N) is 1. The van der Waals surface area contributed by atoms with Crippen LogP contribution in [0.2, 0.25) is 0 Å². The molecule has 0 aliphatic carbocycles. The van der Waals surface area contributed by atoms with Crippen molar-refractivity contribution >= 4 is 15.9 Å². The monoisotopic (exact) mass is 498 g/mol. The van der Waals surface area contributed by atoms with E-state index in [1.807, 2.05) is 26.0 Å². The Balaban J connectivity index is 1.16. The SMILES string of the molecule is Cc1ccc(S(=O)(=O)N2CCC(C(=O)NCCN3CCN(Cc4ccccc4)CC3)CC2)cc1C. The van der Waals surface area contributed by atoms with E-state index in [1.165, 1.54) is 9.87 Å². The van der Waals surface area contributed by atoms with Crippen LogP contribution in [0.4, 0.5) is 0 Å². The van der Waals surface area contributed by atoms with Crippen molar-refractivity contribution in [2.75, 3.05) is 52.4 Å². The molecule has 4 rings (SSSR count). The molecule has 2 aromatic carbocycles. The standard InChI is InChI=1S/C27H38N4O3S/c1-22-8-9-26(20-23(22)2)35(33,34)31-13-10-25(11-14-31)27(32)28-12-15-29-16-18-30(19-17-29)21-24-6-4-3-5-7-24/h3-9,20,25H,10-19,21H2,1-2H3,(H,28,32). The van der Waals surface area contributed by atoms with Gasteiger partial charge in [0, 0.05) is 64.8 Å². The van der Waals surface area contributed by atoms with E-state index >= 15 is 0 Å². The normalized spacial score (nSPS) is 19.0. The van der Waals surface area contributed by atoms with E-state index in [9.17, 15) is 13.2 Å². The molecule has 2 aliphatic rings. The maximum absolute atomic E-state index is 13.0. The molecule has 1 amide bonds. The molecule has 0 spiro atoms. The van der Waals surface area contributed by atoms with Crippen LogP contribution in [0.5, 0.6) is 0 Å². The first-order chi connectivity index (χ1) is 16.8. The number of carbonyl (C=O) groups is 1. The molecule has 0 aromatic heterocycles. The lowest BCUT2D eigenvalue weighted by Gasteiger charge is -2.35. The summed E-state index contributed by atoms with van der Waals surface area (Å²) in [4.78, 5) is 17.9. The second-order valence-corrected chi connectivity index (χ2v) is 11.8. The van der Waals surface area contributed by atoms with Crippen molar-refractivity contribution in [3.8, 4) is 0 Å². The van der Waals surface area contributed by atoms with Crippen molar-refractivity contribution in [2.24, 2.45) is 5.92 Å². The van der Waals surface area contributed by atoms with Gasteiger partial charge in [-0.05, 0) is 55.5 Å². The highest BCUT2D eigenvalue weighted by molar-refractivity contribution is 7.89. The van der Waals surface area contributed by atoms with E-state index in [4.69, 9.17) is 0 Å². The second kappa shape index (κ2) is 11.6. The lowest BCUT2D eigenvalue weighted by atomic mass is 9.97. The minimum absolute atomic E-state index is 0.0518. The Kier molecular flexibility index (Phi) is 8.59. The molecule has 0 atom stereocenters. The summed E-state index contributed by atoms with van der Waals surface area (Å²) in [5, 5.41) is 3.09. The van der Waals surface area contributed by atoms with Crippen LogP contribution in [0, 0.1) is 19.8 Å². The second-order valence-electron chi connectivity index (χ2n) is 9.82. The van der Waals surface area contributed by atoms with Crippen molar-refractivity contribution in [2.45, 2.75) is 38.1 Å². The van der Waals surface area contributed by atoms with Crippen LogP contribution in [-0.2, 0) is 21.4 Å². The Bertz CT molecular complexity index is 1090. The molecule has 2 saturated heterocycles. The van der Waals surface area contributed by atoms with Gasteiger partial charge in [-0.25, -0.2) is 8.42 Å². The number of nitrogens with zero attached hydrogens (tertiary/aromatic N) is 3. The Morgan fingerprint density at radius 3 is 2.20 bits per heavy atom. The molecule has 190 valence electrons. The van der Waals surface area contributed by atoms with Crippen molar-refractivity contribution < 1.29 is 13.2 Å². The number of benzene rings is 2. The van der Waals surface area contributed by atoms with Gasteiger partial charge in [0.2, 0.25) is 15.9 Å². The summed E-state index contributed by atoms with van der Waals surface area (Å²) in [5.41, 5.74) is 3.40. The van der Waals surface area contributed by atoms with E-state index in [0.29, 0.717) is 37.4 Å². The van der Waals surface area contributed by atoms with Gasteiger partial charge in [-0.2, -0.15) is 4.31 Å². The predicted molar refractivity (Wildman–Crippen MR) is 139 cm³/mol. The summed E-state index contributed by atoms with van der Waals surface area (Å²) in [6.45, 7) is 11.2. The van der Waals surface area contributed by atoms with Gasteiger partial charge in [-0.3, -0.25) is 14.6 Å². The molecule has 35 heavy (non-hydrogen) atoms. The van der Waals surface area contributed by atoms with Crippen LogP contribution in [-0.4, -0.2) is 80.8 Å². The molecule has 0 bridgehead atoms. The van der Waals surface area contributed by atoms with Gasteiger partial charge in [-0.1, -0.05) is 36.4 Å². The highest BCUT2D eigenvalue weighted by Crippen LogP contribution is 2.25. The quantitative estimate of drug-likeness (QED) is 0.606. The molecule has 2 aliphatic heterocycles. The van der Waals surface area contributed by atoms with E-state index in [2.05, 4.69) is 39.4 Å². The number of carbonyl (C=O) groups excluding carboxylic acids is 1. The number of sulfonamides is 1. The van der Waals surface area contributed by atoms with E-state index in [0.717, 1.165) is 50.4 Å². The first-order valence-corrected chi connectivity index (χ1v) is 14.1. The number of rotatable bonds is 8. The predicted octanol–water partition coefficient (Wildman–Crippen LogP) is 2.64. The van der Waals surface area contributed by atoms with Gasteiger partial charge in [0.05, 0.1) is 4.90 Å². The fourth-order valence-electron chi connectivity index (χ4n) is 4.88. The number of piperidine rings is 1. The van der Waals surface area contributed by atoms with Crippen LogP contribution in [0.15, 0.2) is 53.4 Å². The molecule has 0 saturated carbocycles. The maximum atomic E-state index is 13.0. The summed E-state index contributed by atoms with van der Waals surface area (Å²) in [7, 11) is -3.52. The summed E-state index contributed by atoms with van der Waals surface area (Å²) < 4.78 is 27.6. The largest absolute Gasteiger partial charge is 0.355 e. The number of hydrogen-bond donors (Lipinski definition) is 1. The topological polar surface area (TPSA) is 73.0 Å². The molecule has 2 heterocycles. The van der Waals surface area contributed by atoms with Crippen LogP contribution < -0.4 is 5.32 Å². The molecular formula is C27H38N4O3S. The van der Waals surface area contributed by atoms with Gasteiger partial charge in [0.25, 0.3) is 0 Å². The molecule has 2 fully saturated rings. The van der Waals surface area contributed by atoms with Gasteiger partial charge >= 0.3 is 0 Å². The van der Waals surface area contributed by atoms with Crippen LogP contribution >= 0.6 is 0 Å². The van der Waals surface area contributed by atoms with E-state index < -0.39 is 10.0 Å². The summed E-state index contributed by atoms with van der Waals surface area (Å²) in [6.07, 6.45) is 1.13. The fraction of sp³-hybridized carbons (Fsp3) is 0.519. The third kappa shape index (κ3) is 6.70. The maximum Gasteiger partial charge on any atom is 0.243 e. The zero-order valence-electron chi connectivity index (χ0n) is 20.9. The highest BCUT2D eigenvalue weighted by Gasteiger charge is 2.32. The molecule has 1 N–H and O–H groups in total. The van der Waals surface area contributed by atoms with Crippen LogP contribution in [0.1, 0.15) is 29.5 Å². The van der Waals surface area contributed by atoms with Crippen molar-refractivity contribution in [1.82, 2.24) is 19.4 Å². The van der Waals surface area contributed by atoms with E-state index in [1.54, 1.807) is 12.1 Å². The van der Waals surface area contributed by atoms with E-state index in [-0.39, 0.29) is 11.8 Å². The summed E-state index contributed by atoms with van der Waals surface area (Å²) in [5.74, 6) is -0.0696. The first-order valence-electron chi connectivity index (χ1n) is 12.7. The number of hydrogen-bond acceptors (Lipinski definition) is 5. The summed E-state index contributed by atoms with van der Waals surface area (Å²) in [6, 6.07) is 15.8. The Morgan fingerprint density at radius 2 is 1.54 bits per heavy atom. The van der Waals surface area contributed by atoms with Crippen molar-refractivity contribution in [1.29, 1.82) is 0 Å². The van der Waals surface area contributed by atoms with Gasteiger partial charge < -0.3 is 5.32 Å². The van der Waals surface area contributed by atoms with Gasteiger partial charge in [0.15, 0.2) is 0 Å². The average Bonchev–Trinajstić information content (AvgIpc) is 2.87. The smallest absolute Gasteiger partial charge is 0.243 e. The highest BCUT2D eigenvalue weighted by atomic mass is 32.2. The average molecular weight is 499 g/mol. The van der Waals surface area contributed by atoms with Crippen LogP contribution in [0.25, 0.3) is 0 Å². The number of piperazine rings is 1. The lowest BCUT2D eigenvalue weighted by molar-refractivity contribution is -0.126. The fourth-order valence-corrected chi connectivity index (χ4v) is 6.43. The molecular weight excluding hydrogens is 460 g/mol. The first kappa shape index (κ1) is 25.8. The minimum atomic E-state index is -3.52. The number of amides is 1. The van der Waals surface area contributed by atoms with Gasteiger partial charge in [0.1, 0.15) is 0 Å². The zero-order valence-corrected chi connectivity index (χ0v) is 21.8. The number of aryl methyl sites for hydroxylation is 2. The molecule has 7 nitrogen and oxygen atoms in total. The Morgan fingerprint density at radius 1 is 0.886 bits per heavy atom. The lowest BCUT2D eigenvalue weighted by Crippen LogP contribution is -2.48. The Labute approximate surface area is 210 Å². The van der Waals surface area contributed by atoms with Gasteiger partial charge in [-0.15, -0.1) is 0 Å².